The van der Waals surface area contributed by atoms with E-state index >= 15 is 0 Å². The molecule has 138 valence electrons. The molecular formula is C21H21ClN4O. The number of benzene rings is 2. The third-order valence-corrected chi connectivity index (χ3v) is 4.85. The van der Waals surface area contributed by atoms with Crippen LogP contribution in [0.25, 0.3) is 0 Å². The number of fused-ring (bicyclic) bond motifs is 1. The molecule has 3 aromatic rings. The Kier molecular flexibility index (Phi) is 4.86. The number of nitrogens with one attached hydrogen (secondary N) is 1. The second-order valence-electron chi connectivity index (χ2n) is 6.69. The molecule has 5 nitrogen and oxygen atoms in total. The zero-order chi connectivity index (χ0) is 18.8. The van der Waals surface area contributed by atoms with Crippen LogP contribution in [0.15, 0.2) is 54.7 Å². The maximum Gasteiger partial charge on any atom is 0.137 e. The predicted molar refractivity (Wildman–Crippen MR) is 109 cm³/mol. The molecule has 6 heteroatoms. The van der Waals surface area contributed by atoms with E-state index in [0.717, 1.165) is 41.6 Å². The lowest BCUT2D eigenvalue weighted by Crippen LogP contribution is -2.31. The van der Waals surface area contributed by atoms with Gasteiger partial charge in [-0.25, -0.2) is 9.97 Å². The van der Waals surface area contributed by atoms with Gasteiger partial charge < -0.3 is 15.0 Å². The smallest absolute Gasteiger partial charge is 0.137 e. The molecule has 0 amide bonds. The molecule has 1 aromatic heterocycles. The second kappa shape index (κ2) is 7.45. The summed E-state index contributed by atoms with van der Waals surface area (Å²) in [5.41, 5.74) is 2.12. The van der Waals surface area contributed by atoms with Gasteiger partial charge in [-0.15, -0.1) is 0 Å². The molecule has 27 heavy (non-hydrogen) atoms. The highest BCUT2D eigenvalue weighted by Crippen LogP contribution is 2.34. The largest absolute Gasteiger partial charge is 0.457 e. The van der Waals surface area contributed by atoms with Crippen LogP contribution < -0.4 is 15.0 Å². The maximum atomic E-state index is 6.03. The number of rotatable bonds is 4. The van der Waals surface area contributed by atoms with Crippen molar-refractivity contribution >= 4 is 23.1 Å². The molecule has 1 unspecified atom stereocenters. The fourth-order valence-corrected chi connectivity index (χ4v) is 3.45. The van der Waals surface area contributed by atoms with Crippen molar-refractivity contribution < 1.29 is 4.74 Å². The van der Waals surface area contributed by atoms with Crippen LogP contribution in [0.2, 0.25) is 5.02 Å². The summed E-state index contributed by atoms with van der Waals surface area (Å²) < 4.78 is 5.93. The Morgan fingerprint density at radius 1 is 1.15 bits per heavy atom. The molecule has 0 aliphatic carbocycles. The number of aromatic nitrogens is 2. The average molecular weight is 381 g/mol. The zero-order valence-corrected chi connectivity index (χ0v) is 16.1. The molecule has 0 radical (unpaired) electrons. The standard InChI is InChI=1S/C21H21ClN4O/c1-14-23-13-19-20(9-10-26(2)21(19)24-14)25-16-6-4-8-18(12-16)27-17-7-3-5-15(22)11-17/h3-8,11-13,20,25H,9-10H2,1-2H3. The van der Waals surface area contributed by atoms with Crippen molar-refractivity contribution in [2.24, 2.45) is 0 Å². The van der Waals surface area contributed by atoms with Gasteiger partial charge >= 0.3 is 0 Å². The highest BCUT2D eigenvalue weighted by Gasteiger charge is 2.25. The van der Waals surface area contributed by atoms with E-state index in [4.69, 9.17) is 16.3 Å². The highest BCUT2D eigenvalue weighted by atomic mass is 35.5. The van der Waals surface area contributed by atoms with Gasteiger partial charge in [-0.3, -0.25) is 0 Å². The van der Waals surface area contributed by atoms with Gasteiger partial charge in [-0.1, -0.05) is 23.7 Å². The molecular weight excluding hydrogens is 360 g/mol. The number of anilines is 2. The number of halogens is 1. The summed E-state index contributed by atoms with van der Waals surface area (Å²) in [4.78, 5) is 11.2. The molecule has 0 saturated carbocycles. The van der Waals surface area contributed by atoms with Crippen LogP contribution in [0.3, 0.4) is 0 Å². The second-order valence-corrected chi connectivity index (χ2v) is 7.13. The quantitative estimate of drug-likeness (QED) is 0.672. The van der Waals surface area contributed by atoms with Crippen LogP contribution >= 0.6 is 11.6 Å². The van der Waals surface area contributed by atoms with Crippen molar-refractivity contribution in [2.45, 2.75) is 19.4 Å². The molecule has 0 bridgehead atoms. The topological polar surface area (TPSA) is 50.3 Å². The Morgan fingerprint density at radius 2 is 1.93 bits per heavy atom. The summed E-state index contributed by atoms with van der Waals surface area (Å²) in [6, 6.07) is 15.5. The zero-order valence-electron chi connectivity index (χ0n) is 15.3. The van der Waals surface area contributed by atoms with Crippen molar-refractivity contribution in [1.29, 1.82) is 0 Å². The van der Waals surface area contributed by atoms with E-state index in [-0.39, 0.29) is 6.04 Å². The van der Waals surface area contributed by atoms with Gasteiger partial charge in [0.2, 0.25) is 0 Å². The molecule has 0 fully saturated rings. The van der Waals surface area contributed by atoms with E-state index in [9.17, 15) is 0 Å². The van der Waals surface area contributed by atoms with Gasteiger partial charge in [0.05, 0.1) is 6.04 Å². The van der Waals surface area contributed by atoms with Crippen LogP contribution in [0.1, 0.15) is 23.9 Å². The Balaban J connectivity index is 1.55. The van der Waals surface area contributed by atoms with Crippen LogP contribution in [0, 0.1) is 6.92 Å². The lowest BCUT2D eigenvalue weighted by atomic mass is 10.0. The minimum absolute atomic E-state index is 0.165. The van der Waals surface area contributed by atoms with Gasteiger partial charge in [-0.2, -0.15) is 0 Å². The van der Waals surface area contributed by atoms with Gasteiger partial charge in [0.25, 0.3) is 0 Å². The number of nitrogens with zero attached hydrogens (tertiary/aromatic N) is 3. The lowest BCUT2D eigenvalue weighted by Gasteiger charge is -2.32. The van der Waals surface area contributed by atoms with Crippen molar-refractivity contribution in [1.82, 2.24) is 9.97 Å². The number of hydrogen-bond donors (Lipinski definition) is 1. The van der Waals surface area contributed by atoms with E-state index in [2.05, 4.69) is 27.2 Å². The minimum Gasteiger partial charge on any atom is -0.457 e. The van der Waals surface area contributed by atoms with Crippen LogP contribution in [-0.2, 0) is 0 Å². The number of ether oxygens (including phenoxy) is 1. The monoisotopic (exact) mass is 380 g/mol. The molecule has 2 aromatic carbocycles. The predicted octanol–water partition coefficient (Wildman–Crippen LogP) is 5.22. The van der Waals surface area contributed by atoms with E-state index in [0.29, 0.717) is 10.8 Å². The Hall–Kier alpha value is -2.79. The first kappa shape index (κ1) is 17.6. The van der Waals surface area contributed by atoms with Gasteiger partial charge in [-0.05, 0) is 43.7 Å². The molecule has 1 N–H and O–H groups in total. The molecule has 0 saturated heterocycles. The fraction of sp³-hybridized carbons (Fsp3) is 0.238. The van der Waals surface area contributed by atoms with Crippen molar-refractivity contribution in [3.8, 4) is 11.5 Å². The van der Waals surface area contributed by atoms with E-state index < -0.39 is 0 Å². The summed E-state index contributed by atoms with van der Waals surface area (Å²) in [6.07, 6.45) is 2.91. The normalized spacial score (nSPS) is 16.0. The Labute approximate surface area is 164 Å². The maximum absolute atomic E-state index is 6.03. The van der Waals surface area contributed by atoms with Crippen LogP contribution in [0.5, 0.6) is 11.5 Å². The highest BCUT2D eigenvalue weighted by molar-refractivity contribution is 6.30. The Bertz CT molecular complexity index is 962. The van der Waals surface area contributed by atoms with Gasteiger partial charge in [0, 0.05) is 42.1 Å². The summed E-state index contributed by atoms with van der Waals surface area (Å²) >= 11 is 6.03. The fourth-order valence-electron chi connectivity index (χ4n) is 3.27. The molecule has 2 heterocycles. The van der Waals surface area contributed by atoms with Crippen molar-refractivity contribution in [3.05, 3.63) is 71.1 Å². The SMILES string of the molecule is Cc1ncc2c(n1)N(C)CCC2Nc1cccc(Oc2cccc(Cl)c2)c1. The first-order valence-corrected chi connectivity index (χ1v) is 9.31. The van der Waals surface area contributed by atoms with Gasteiger partial charge in [0.1, 0.15) is 23.1 Å². The van der Waals surface area contributed by atoms with E-state index in [1.165, 1.54) is 0 Å². The molecule has 0 spiro atoms. The molecule has 1 aliphatic rings. The van der Waals surface area contributed by atoms with Crippen molar-refractivity contribution in [2.75, 3.05) is 23.8 Å². The first-order chi connectivity index (χ1) is 13.1. The third-order valence-electron chi connectivity index (χ3n) is 4.61. The summed E-state index contributed by atoms with van der Waals surface area (Å²) in [7, 11) is 2.07. The molecule has 4 rings (SSSR count). The molecule has 1 aliphatic heterocycles. The molecule has 1 atom stereocenters. The van der Waals surface area contributed by atoms with Crippen LogP contribution in [-0.4, -0.2) is 23.6 Å². The van der Waals surface area contributed by atoms with E-state index in [1.54, 1.807) is 6.07 Å². The van der Waals surface area contributed by atoms with E-state index in [1.807, 2.05) is 55.6 Å². The number of aryl methyl sites for hydroxylation is 1. The van der Waals surface area contributed by atoms with Crippen LogP contribution in [0.4, 0.5) is 11.5 Å². The summed E-state index contributed by atoms with van der Waals surface area (Å²) in [6.45, 7) is 2.86. The summed E-state index contributed by atoms with van der Waals surface area (Å²) in [5.74, 6) is 3.26. The average Bonchev–Trinajstić information content (AvgIpc) is 2.65. The van der Waals surface area contributed by atoms with Crippen molar-refractivity contribution in [3.63, 3.8) is 0 Å². The number of hydrogen-bond acceptors (Lipinski definition) is 5. The van der Waals surface area contributed by atoms with Gasteiger partial charge in [0.15, 0.2) is 0 Å². The third kappa shape index (κ3) is 3.98. The first-order valence-electron chi connectivity index (χ1n) is 8.93. The lowest BCUT2D eigenvalue weighted by molar-refractivity contribution is 0.483. The summed E-state index contributed by atoms with van der Waals surface area (Å²) in [5, 5.41) is 4.25. The Morgan fingerprint density at radius 3 is 2.74 bits per heavy atom. The minimum atomic E-state index is 0.165.